The van der Waals surface area contributed by atoms with E-state index in [0.717, 1.165) is 0 Å². The number of methoxy groups -OCH3 is 1. The summed E-state index contributed by atoms with van der Waals surface area (Å²) in [5, 5.41) is 10.9. The summed E-state index contributed by atoms with van der Waals surface area (Å²) in [7, 11) is 1.35. The highest BCUT2D eigenvalue weighted by molar-refractivity contribution is 5.78. The maximum absolute atomic E-state index is 12.1. The lowest BCUT2D eigenvalue weighted by molar-refractivity contribution is -0.385. The van der Waals surface area contributed by atoms with Crippen LogP contribution in [0, 0.1) is 16.0 Å². The molecular formula is C15H18N2O6. The zero-order valence-corrected chi connectivity index (χ0v) is 12.8. The summed E-state index contributed by atoms with van der Waals surface area (Å²) in [6, 6.07) is 5.91. The number of esters is 1. The van der Waals surface area contributed by atoms with E-state index in [2.05, 4.69) is 0 Å². The van der Waals surface area contributed by atoms with Gasteiger partial charge in [0, 0.05) is 19.2 Å². The Bertz CT molecular complexity index is 595. The molecule has 0 aliphatic carbocycles. The van der Waals surface area contributed by atoms with E-state index in [4.69, 9.17) is 9.47 Å². The fraction of sp³-hybridized carbons (Fsp3) is 0.467. The number of amides is 1. The van der Waals surface area contributed by atoms with E-state index < -0.39 is 4.92 Å². The highest BCUT2D eigenvalue weighted by atomic mass is 16.6. The van der Waals surface area contributed by atoms with Gasteiger partial charge in [0.1, 0.15) is 0 Å². The topological polar surface area (TPSA) is 99.0 Å². The maximum atomic E-state index is 12.1. The van der Waals surface area contributed by atoms with Crippen LogP contribution in [-0.4, -0.2) is 48.5 Å². The molecule has 8 nitrogen and oxygen atoms in total. The first-order valence-corrected chi connectivity index (χ1v) is 7.24. The van der Waals surface area contributed by atoms with Crippen LogP contribution in [0.1, 0.15) is 12.8 Å². The molecular weight excluding hydrogens is 304 g/mol. The molecule has 1 amide bonds. The van der Waals surface area contributed by atoms with E-state index in [1.165, 1.54) is 25.3 Å². The highest BCUT2D eigenvalue weighted by Gasteiger charge is 2.28. The molecule has 1 aromatic rings. The van der Waals surface area contributed by atoms with Crippen LogP contribution >= 0.6 is 0 Å². The van der Waals surface area contributed by atoms with E-state index in [1.807, 2.05) is 0 Å². The number of benzene rings is 1. The highest BCUT2D eigenvalue weighted by Crippen LogP contribution is 2.26. The van der Waals surface area contributed by atoms with Crippen molar-refractivity contribution in [2.75, 3.05) is 26.8 Å². The first-order valence-electron chi connectivity index (χ1n) is 7.24. The first-order chi connectivity index (χ1) is 11.0. The number of likely N-dealkylation sites (tertiary alicyclic amines) is 1. The number of ether oxygens (including phenoxy) is 2. The molecule has 23 heavy (non-hydrogen) atoms. The third-order valence-electron chi connectivity index (χ3n) is 3.80. The van der Waals surface area contributed by atoms with Gasteiger partial charge in [0.25, 0.3) is 5.91 Å². The molecule has 0 unspecified atom stereocenters. The summed E-state index contributed by atoms with van der Waals surface area (Å²) >= 11 is 0. The number of hydrogen-bond donors (Lipinski definition) is 0. The molecule has 0 bridgehead atoms. The summed E-state index contributed by atoms with van der Waals surface area (Å²) in [6.45, 7) is 0.616. The van der Waals surface area contributed by atoms with Crippen LogP contribution < -0.4 is 4.74 Å². The van der Waals surface area contributed by atoms with E-state index in [0.29, 0.717) is 25.9 Å². The zero-order valence-electron chi connectivity index (χ0n) is 12.8. The molecule has 0 spiro atoms. The average molecular weight is 322 g/mol. The quantitative estimate of drug-likeness (QED) is 0.461. The SMILES string of the molecule is COC(=O)C1CCN(C(=O)COc2ccccc2[N+](=O)[O-])CC1. The van der Waals surface area contributed by atoms with Gasteiger partial charge in [0.05, 0.1) is 18.0 Å². The van der Waals surface area contributed by atoms with Crippen molar-refractivity contribution in [2.24, 2.45) is 5.92 Å². The van der Waals surface area contributed by atoms with Crippen LogP contribution in [-0.2, 0) is 14.3 Å². The molecule has 0 aromatic heterocycles. The summed E-state index contributed by atoms with van der Waals surface area (Å²) in [5.41, 5.74) is -0.176. The van der Waals surface area contributed by atoms with E-state index >= 15 is 0 Å². The third kappa shape index (κ3) is 4.18. The van der Waals surface area contributed by atoms with Crippen LogP contribution in [0.3, 0.4) is 0 Å². The van der Waals surface area contributed by atoms with Crippen LogP contribution in [0.4, 0.5) is 5.69 Å². The monoisotopic (exact) mass is 322 g/mol. The van der Waals surface area contributed by atoms with Crippen molar-refractivity contribution < 1.29 is 24.0 Å². The number of nitrogens with zero attached hydrogens (tertiary/aromatic N) is 2. The smallest absolute Gasteiger partial charge is 0.310 e. The second-order valence-corrected chi connectivity index (χ2v) is 5.19. The Morgan fingerprint density at radius 3 is 2.57 bits per heavy atom. The van der Waals surface area contributed by atoms with E-state index in [1.54, 1.807) is 11.0 Å². The summed E-state index contributed by atoms with van der Waals surface area (Å²) < 4.78 is 9.98. The Balaban J connectivity index is 1.87. The van der Waals surface area contributed by atoms with Gasteiger partial charge in [0.15, 0.2) is 12.4 Å². The number of nitro groups is 1. The minimum atomic E-state index is -0.554. The molecule has 1 saturated heterocycles. The standard InChI is InChI=1S/C15H18N2O6/c1-22-15(19)11-6-8-16(9-7-11)14(18)10-23-13-5-3-2-4-12(13)17(20)21/h2-5,11H,6-10H2,1H3. The number of hydrogen-bond acceptors (Lipinski definition) is 6. The van der Waals surface area contributed by atoms with Crippen molar-refractivity contribution in [3.05, 3.63) is 34.4 Å². The molecule has 124 valence electrons. The van der Waals surface area contributed by atoms with Crippen molar-refractivity contribution in [1.29, 1.82) is 0 Å². The maximum Gasteiger partial charge on any atom is 0.310 e. The van der Waals surface area contributed by atoms with Gasteiger partial charge in [-0.1, -0.05) is 12.1 Å². The number of carbonyl (C=O) groups excluding carboxylic acids is 2. The summed E-state index contributed by atoms with van der Waals surface area (Å²) in [5.74, 6) is -0.629. The number of para-hydroxylation sites is 2. The van der Waals surface area contributed by atoms with Gasteiger partial charge in [-0.15, -0.1) is 0 Å². The van der Waals surface area contributed by atoms with Crippen molar-refractivity contribution >= 4 is 17.6 Å². The number of nitro benzene ring substituents is 1. The third-order valence-corrected chi connectivity index (χ3v) is 3.80. The second kappa shape index (κ2) is 7.57. The molecule has 1 heterocycles. The Hall–Kier alpha value is -2.64. The molecule has 0 atom stereocenters. The lowest BCUT2D eigenvalue weighted by Gasteiger charge is -2.30. The Morgan fingerprint density at radius 2 is 1.96 bits per heavy atom. The predicted octanol–water partition coefficient (Wildman–Crippen LogP) is 1.39. The van der Waals surface area contributed by atoms with Crippen LogP contribution in [0.5, 0.6) is 5.75 Å². The molecule has 2 rings (SSSR count). The van der Waals surface area contributed by atoms with Gasteiger partial charge < -0.3 is 14.4 Å². The lowest BCUT2D eigenvalue weighted by Crippen LogP contribution is -2.42. The molecule has 1 aliphatic heterocycles. The largest absolute Gasteiger partial charge is 0.477 e. The van der Waals surface area contributed by atoms with E-state index in [-0.39, 0.29) is 35.8 Å². The van der Waals surface area contributed by atoms with Crippen LogP contribution in [0.25, 0.3) is 0 Å². The minimum absolute atomic E-state index is 0.0651. The molecule has 1 aromatic carbocycles. The van der Waals surface area contributed by atoms with Gasteiger partial charge in [-0.05, 0) is 18.9 Å². The van der Waals surface area contributed by atoms with Gasteiger partial charge in [-0.25, -0.2) is 0 Å². The number of rotatable bonds is 5. The van der Waals surface area contributed by atoms with Crippen molar-refractivity contribution in [3.63, 3.8) is 0 Å². The van der Waals surface area contributed by atoms with Gasteiger partial charge >= 0.3 is 11.7 Å². The van der Waals surface area contributed by atoms with Crippen molar-refractivity contribution in [1.82, 2.24) is 4.90 Å². The van der Waals surface area contributed by atoms with Crippen molar-refractivity contribution in [3.8, 4) is 5.75 Å². The molecule has 1 aliphatic rings. The molecule has 1 fully saturated rings. The Morgan fingerprint density at radius 1 is 1.30 bits per heavy atom. The fourth-order valence-electron chi connectivity index (χ4n) is 2.49. The summed E-state index contributed by atoms with van der Waals surface area (Å²) in [4.78, 5) is 35.5. The average Bonchev–Trinajstić information content (AvgIpc) is 2.59. The zero-order chi connectivity index (χ0) is 16.8. The molecule has 0 N–H and O–H groups in total. The lowest BCUT2D eigenvalue weighted by atomic mass is 9.97. The van der Waals surface area contributed by atoms with Crippen LogP contribution in [0.15, 0.2) is 24.3 Å². The fourth-order valence-corrected chi connectivity index (χ4v) is 2.49. The predicted molar refractivity (Wildman–Crippen MR) is 79.9 cm³/mol. The van der Waals surface area contributed by atoms with Gasteiger partial charge in [-0.2, -0.15) is 0 Å². The minimum Gasteiger partial charge on any atom is -0.477 e. The summed E-state index contributed by atoms with van der Waals surface area (Å²) in [6.07, 6.45) is 1.09. The van der Waals surface area contributed by atoms with Gasteiger partial charge in [-0.3, -0.25) is 19.7 Å². The Kier molecular flexibility index (Phi) is 5.51. The molecule has 0 radical (unpaired) electrons. The Labute approximate surface area is 133 Å². The van der Waals surface area contributed by atoms with E-state index in [9.17, 15) is 19.7 Å². The first kappa shape index (κ1) is 16.7. The molecule has 8 heteroatoms. The molecule has 0 saturated carbocycles. The van der Waals surface area contributed by atoms with Crippen LogP contribution in [0.2, 0.25) is 0 Å². The second-order valence-electron chi connectivity index (χ2n) is 5.19. The number of piperidine rings is 1. The van der Waals surface area contributed by atoms with Gasteiger partial charge in [0.2, 0.25) is 0 Å². The number of carbonyl (C=O) groups is 2. The normalized spacial score (nSPS) is 15.1. The van der Waals surface area contributed by atoms with Crippen molar-refractivity contribution in [2.45, 2.75) is 12.8 Å².